The molecule has 19 heteroatoms. The Kier molecular flexibility index (Phi) is 47.1. The number of hydrogen-bond acceptors (Lipinski definition) is 15. The zero-order valence-corrected chi connectivity index (χ0v) is 48.0. The molecule has 17 nitrogen and oxygen atoms in total. The van der Waals surface area contributed by atoms with Crippen molar-refractivity contribution < 1.29 is 80.2 Å². The first-order chi connectivity index (χ1) is 35.0. The monoisotopic (exact) mass is 1090 g/mol. The molecule has 5 atom stereocenters. The number of esters is 4. The van der Waals surface area contributed by atoms with Crippen molar-refractivity contribution in [2.24, 2.45) is 5.92 Å². The molecular weight excluding hydrogens is 983 g/mol. The van der Waals surface area contributed by atoms with Crippen LogP contribution >= 0.6 is 15.6 Å². The van der Waals surface area contributed by atoms with Gasteiger partial charge in [-0.15, -0.1) is 0 Å². The predicted octanol–water partition coefficient (Wildman–Crippen LogP) is 13.9. The molecule has 0 spiro atoms. The van der Waals surface area contributed by atoms with Gasteiger partial charge in [0.25, 0.3) is 0 Å². The third kappa shape index (κ3) is 49.4. The average molecular weight is 1090 g/mol. The summed E-state index contributed by atoms with van der Waals surface area (Å²) in [4.78, 5) is 71.4. The second kappa shape index (κ2) is 48.4. The van der Waals surface area contributed by atoms with E-state index in [2.05, 4.69) is 34.6 Å². The van der Waals surface area contributed by atoms with Crippen LogP contribution in [0.4, 0.5) is 0 Å². The van der Waals surface area contributed by atoms with E-state index in [9.17, 15) is 43.2 Å². The summed E-state index contributed by atoms with van der Waals surface area (Å²) in [5, 5.41) is 10.4. The Bertz CT molecular complexity index is 1450. The van der Waals surface area contributed by atoms with Gasteiger partial charge in [0.2, 0.25) is 0 Å². The highest BCUT2D eigenvalue weighted by Crippen LogP contribution is 2.45. The van der Waals surface area contributed by atoms with Gasteiger partial charge in [-0.3, -0.25) is 37.3 Å². The number of rotatable bonds is 54. The van der Waals surface area contributed by atoms with E-state index in [1.165, 1.54) is 57.8 Å². The normalized spacial score (nSPS) is 14.5. The Morgan fingerprint density at radius 2 is 0.630 bits per heavy atom. The van der Waals surface area contributed by atoms with Crippen LogP contribution in [0.5, 0.6) is 0 Å². The van der Waals surface area contributed by atoms with E-state index in [0.29, 0.717) is 31.6 Å². The van der Waals surface area contributed by atoms with E-state index in [1.54, 1.807) is 0 Å². The van der Waals surface area contributed by atoms with E-state index in [0.717, 1.165) is 116 Å². The summed E-state index contributed by atoms with van der Waals surface area (Å²) in [6.07, 6.45) is 28.3. The van der Waals surface area contributed by atoms with E-state index >= 15 is 0 Å². The predicted molar refractivity (Wildman–Crippen MR) is 285 cm³/mol. The summed E-state index contributed by atoms with van der Waals surface area (Å²) in [5.41, 5.74) is 0. The van der Waals surface area contributed by atoms with Gasteiger partial charge < -0.3 is 33.8 Å². The van der Waals surface area contributed by atoms with Crippen LogP contribution in [0.15, 0.2) is 0 Å². The molecule has 0 aliphatic heterocycles. The van der Waals surface area contributed by atoms with Gasteiger partial charge >= 0.3 is 39.5 Å². The van der Waals surface area contributed by atoms with Crippen molar-refractivity contribution in [1.82, 2.24) is 0 Å². The number of hydrogen-bond donors (Lipinski definition) is 3. The first-order valence-corrected chi connectivity index (χ1v) is 31.6. The van der Waals surface area contributed by atoms with Crippen molar-refractivity contribution in [2.45, 2.75) is 278 Å². The Hall–Kier alpha value is -1.94. The molecule has 3 N–H and O–H groups in total. The highest BCUT2D eigenvalue weighted by molar-refractivity contribution is 7.47. The molecule has 0 aliphatic rings. The molecule has 432 valence electrons. The van der Waals surface area contributed by atoms with Gasteiger partial charge in [0.15, 0.2) is 12.2 Å². The van der Waals surface area contributed by atoms with E-state index in [4.69, 9.17) is 37.0 Å². The van der Waals surface area contributed by atoms with Gasteiger partial charge in [-0.1, -0.05) is 208 Å². The molecule has 0 radical (unpaired) electrons. The minimum absolute atomic E-state index is 0.103. The van der Waals surface area contributed by atoms with Crippen molar-refractivity contribution >= 4 is 39.5 Å². The minimum Gasteiger partial charge on any atom is -0.462 e. The van der Waals surface area contributed by atoms with Crippen molar-refractivity contribution in [3.05, 3.63) is 0 Å². The van der Waals surface area contributed by atoms with Crippen molar-refractivity contribution in [3.63, 3.8) is 0 Å². The number of carbonyl (C=O) groups excluding carboxylic acids is 4. The molecule has 0 amide bonds. The van der Waals surface area contributed by atoms with Crippen LogP contribution in [0.1, 0.15) is 259 Å². The maximum Gasteiger partial charge on any atom is 0.472 e. The maximum absolute atomic E-state index is 12.9. The average Bonchev–Trinajstić information content (AvgIpc) is 3.35. The van der Waals surface area contributed by atoms with Crippen LogP contribution in [0, 0.1) is 5.92 Å². The van der Waals surface area contributed by atoms with Crippen LogP contribution in [0.3, 0.4) is 0 Å². The summed E-state index contributed by atoms with van der Waals surface area (Å²) < 4.78 is 67.3. The summed E-state index contributed by atoms with van der Waals surface area (Å²) in [7, 11) is -9.85. The molecule has 0 saturated carbocycles. The van der Waals surface area contributed by atoms with Gasteiger partial charge in [0.05, 0.1) is 26.4 Å². The SMILES string of the molecule is CCCCCCCCCCCC(=O)OC[C@H](COP(=O)(O)OC[C@@H](O)COP(=O)(O)OC[C@@H](COC(=O)CCCCCCCCC)OC(=O)CCCCCCCCC)OC(=O)CCCCCCCCCC(C)C. The summed E-state index contributed by atoms with van der Waals surface area (Å²) in [6.45, 7) is 6.95. The third-order valence-electron chi connectivity index (χ3n) is 12.3. The van der Waals surface area contributed by atoms with Gasteiger partial charge in [-0.05, 0) is 31.6 Å². The zero-order valence-electron chi connectivity index (χ0n) is 46.3. The van der Waals surface area contributed by atoms with E-state index in [1.807, 2.05) is 0 Å². The number of phosphoric ester groups is 2. The van der Waals surface area contributed by atoms with Crippen molar-refractivity contribution in [3.8, 4) is 0 Å². The molecule has 0 bridgehead atoms. The highest BCUT2D eigenvalue weighted by atomic mass is 31.2. The van der Waals surface area contributed by atoms with E-state index in [-0.39, 0.29) is 25.7 Å². The number of carbonyl (C=O) groups is 4. The maximum atomic E-state index is 12.9. The molecule has 0 rings (SSSR count). The summed E-state index contributed by atoms with van der Waals surface area (Å²) in [6, 6.07) is 0. The molecule has 73 heavy (non-hydrogen) atoms. The lowest BCUT2D eigenvalue weighted by Gasteiger charge is -2.21. The van der Waals surface area contributed by atoms with Crippen LogP contribution in [-0.2, 0) is 65.4 Å². The van der Waals surface area contributed by atoms with Gasteiger partial charge in [-0.2, -0.15) is 0 Å². The molecule has 0 fully saturated rings. The molecule has 0 aliphatic carbocycles. The largest absolute Gasteiger partial charge is 0.472 e. The van der Waals surface area contributed by atoms with Crippen LogP contribution in [0.2, 0.25) is 0 Å². The van der Waals surface area contributed by atoms with Crippen molar-refractivity contribution in [2.75, 3.05) is 39.6 Å². The second-order valence-corrected chi connectivity index (χ2v) is 23.0. The molecule has 0 aromatic carbocycles. The first-order valence-electron chi connectivity index (χ1n) is 28.6. The molecule has 0 heterocycles. The van der Waals surface area contributed by atoms with Gasteiger partial charge in [0, 0.05) is 25.7 Å². The number of unbranched alkanes of at least 4 members (excludes halogenated alkanes) is 26. The number of ether oxygens (including phenoxy) is 4. The molecule has 0 aromatic rings. The van der Waals surface area contributed by atoms with Gasteiger partial charge in [-0.25, -0.2) is 9.13 Å². The number of aliphatic hydroxyl groups is 1. The zero-order chi connectivity index (χ0) is 54.3. The Labute approximate surface area is 441 Å². The molecule has 2 unspecified atom stereocenters. The second-order valence-electron chi connectivity index (χ2n) is 20.1. The number of phosphoric acid groups is 2. The molecule has 0 aromatic heterocycles. The quantitative estimate of drug-likeness (QED) is 0.0222. The summed E-state index contributed by atoms with van der Waals surface area (Å²) in [5.74, 6) is -1.46. The highest BCUT2D eigenvalue weighted by Gasteiger charge is 2.30. The standard InChI is InChI=1S/C54H104O17P2/c1-6-9-12-15-18-19-24-28-33-38-52(57)65-44-50(71-54(59)40-35-30-25-20-23-26-31-36-47(4)5)46-69-73(62,63)67-42-48(55)41-66-72(60,61)68-45-49(70-53(58)39-34-29-22-17-14-11-8-3)43-64-51(56)37-32-27-21-16-13-10-7-2/h47-50,55H,6-46H2,1-5H3,(H,60,61)(H,62,63)/t48-,49+,50+/m0/s1. The Morgan fingerprint density at radius 3 is 0.932 bits per heavy atom. The van der Waals surface area contributed by atoms with Gasteiger partial charge in [0.1, 0.15) is 19.3 Å². The fourth-order valence-electron chi connectivity index (χ4n) is 7.81. The number of aliphatic hydroxyl groups excluding tert-OH is 1. The summed E-state index contributed by atoms with van der Waals surface area (Å²) >= 11 is 0. The lowest BCUT2D eigenvalue weighted by Crippen LogP contribution is -2.30. The smallest absolute Gasteiger partial charge is 0.462 e. The Morgan fingerprint density at radius 1 is 0.370 bits per heavy atom. The van der Waals surface area contributed by atoms with Crippen LogP contribution in [0.25, 0.3) is 0 Å². The van der Waals surface area contributed by atoms with Crippen LogP contribution < -0.4 is 0 Å². The van der Waals surface area contributed by atoms with E-state index < -0.39 is 97.5 Å². The Balaban J connectivity index is 5.19. The fourth-order valence-corrected chi connectivity index (χ4v) is 9.39. The van der Waals surface area contributed by atoms with Crippen LogP contribution in [-0.4, -0.2) is 96.7 Å². The lowest BCUT2D eigenvalue weighted by molar-refractivity contribution is -0.161. The third-order valence-corrected chi connectivity index (χ3v) is 14.2. The molecular formula is C54H104O17P2. The molecule has 0 saturated heterocycles. The topological polar surface area (TPSA) is 237 Å². The fraction of sp³-hybridized carbons (Fsp3) is 0.926. The lowest BCUT2D eigenvalue weighted by atomic mass is 10.0. The van der Waals surface area contributed by atoms with Crippen molar-refractivity contribution in [1.29, 1.82) is 0 Å². The first kappa shape index (κ1) is 71.1. The minimum atomic E-state index is -4.93.